The summed E-state index contributed by atoms with van der Waals surface area (Å²) in [4.78, 5) is 4.33. The van der Waals surface area contributed by atoms with Gasteiger partial charge in [0.1, 0.15) is 11.6 Å². The van der Waals surface area contributed by atoms with E-state index in [1.54, 1.807) is 0 Å². The van der Waals surface area contributed by atoms with Gasteiger partial charge < -0.3 is 4.57 Å². The molecule has 2 nitrogen and oxygen atoms in total. The van der Waals surface area contributed by atoms with Crippen molar-refractivity contribution in [2.75, 3.05) is 0 Å². The molecule has 2 aromatic rings. The molecular weight excluding hydrogens is 250 g/mol. The highest BCUT2D eigenvalue weighted by Crippen LogP contribution is 2.24. The Balaban J connectivity index is 2.69. The van der Waals surface area contributed by atoms with Crippen LogP contribution >= 0.6 is 23.2 Å². The molecule has 16 heavy (non-hydrogen) atoms. The molecule has 0 radical (unpaired) electrons. The monoisotopic (exact) mass is 260 g/mol. The van der Waals surface area contributed by atoms with Gasteiger partial charge in [-0.25, -0.2) is 9.37 Å². The fraction of sp³-hybridized carbons (Fsp3) is 0.364. The number of hydrogen-bond donors (Lipinski definition) is 0. The number of rotatable bonds is 3. The van der Waals surface area contributed by atoms with E-state index in [0.717, 1.165) is 24.3 Å². The summed E-state index contributed by atoms with van der Waals surface area (Å²) in [6, 6.07) is 2.95. The van der Waals surface area contributed by atoms with Crippen molar-refractivity contribution in [2.24, 2.45) is 0 Å². The SMILES string of the molecule is CCCn1c(CCl)nc2cc(Cl)c(F)cc21. The first-order valence-electron chi connectivity index (χ1n) is 5.07. The van der Waals surface area contributed by atoms with E-state index in [2.05, 4.69) is 11.9 Å². The van der Waals surface area contributed by atoms with Gasteiger partial charge in [0.15, 0.2) is 0 Å². The van der Waals surface area contributed by atoms with Crippen molar-refractivity contribution in [1.82, 2.24) is 9.55 Å². The lowest BCUT2D eigenvalue weighted by atomic mass is 10.3. The van der Waals surface area contributed by atoms with Crippen LogP contribution in [-0.2, 0) is 12.4 Å². The molecule has 1 heterocycles. The van der Waals surface area contributed by atoms with Gasteiger partial charge in [-0.3, -0.25) is 0 Å². The van der Waals surface area contributed by atoms with Gasteiger partial charge in [0.2, 0.25) is 0 Å². The lowest BCUT2D eigenvalue weighted by molar-refractivity contribution is 0.626. The van der Waals surface area contributed by atoms with Crippen molar-refractivity contribution < 1.29 is 4.39 Å². The molecular formula is C11H11Cl2FN2. The van der Waals surface area contributed by atoms with Crippen LogP contribution in [0.4, 0.5) is 4.39 Å². The maximum absolute atomic E-state index is 13.4. The molecule has 0 aliphatic heterocycles. The fourth-order valence-corrected chi connectivity index (χ4v) is 2.11. The minimum Gasteiger partial charge on any atom is -0.327 e. The van der Waals surface area contributed by atoms with Crippen LogP contribution in [0.15, 0.2) is 12.1 Å². The third kappa shape index (κ3) is 1.89. The predicted molar refractivity (Wildman–Crippen MR) is 64.5 cm³/mol. The van der Waals surface area contributed by atoms with E-state index in [-0.39, 0.29) is 5.02 Å². The highest BCUT2D eigenvalue weighted by molar-refractivity contribution is 6.31. The number of benzene rings is 1. The van der Waals surface area contributed by atoms with E-state index in [0.29, 0.717) is 11.4 Å². The number of imidazole rings is 1. The first-order valence-corrected chi connectivity index (χ1v) is 5.98. The number of hydrogen-bond acceptors (Lipinski definition) is 1. The number of aryl methyl sites for hydroxylation is 1. The van der Waals surface area contributed by atoms with Crippen LogP contribution in [-0.4, -0.2) is 9.55 Å². The summed E-state index contributed by atoms with van der Waals surface area (Å²) in [5.74, 6) is 0.640. The zero-order valence-corrected chi connectivity index (χ0v) is 10.3. The van der Waals surface area contributed by atoms with Gasteiger partial charge in [0, 0.05) is 12.6 Å². The highest BCUT2D eigenvalue weighted by atomic mass is 35.5. The lowest BCUT2D eigenvalue weighted by Crippen LogP contribution is -2.01. The van der Waals surface area contributed by atoms with Crippen molar-refractivity contribution in [1.29, 1.82) is 0 Å². The summed E-state index contributed by atoms with van der Waals surface area (Å²) < 4.78 is 15.3. The van der Waals surface area contributed by atoms with Crippen LogP contribution in [0, 0.1) is 5.82 Å². The number of nitrogens with zero attached hydrogens (tertiary/aromatic N) is 2. The molecule has 0 aliphatic rings. The van der Waals surface area contributed by atoms with E-state index < -0.39 is 5.82 Å². The molecule has 1 aromatic carbocycles. The molecule has 0 N–H and O–H groups in total. The zero-order valence-electron chi connectivity index (χ0n) is 8.80. The molecule has 5 heteroatoms. The Labute approximate surface area is 103 Å². The second kappa shape index (κ2) is 4.60. The first kappa shape index (κ1) is 11.7. The van der Waals surface area contributed by atoms with E-state index >= 15 is 0 Å². The molecule has 0 fully saturated rings. The predicted octanol–water partition coefficient (Wildman–Crippen LogP) is 3.98. The summed E-state index contributed by atoms with van der Waals surface area (Å²) in [5.41, 5.74) is 1.44. The Bertz CT molecular complexity index is 522. The smallest absolute Gasteiger partial charge is 0.144 e. The molecule has 1 aromatic heterocycles. The van der Waals surface area contributed by atoms with E-state index in [9.17, 15) is 4.39 Å². The minimum absolute atomic E-state index is 0.0924. The van der Waals surface area contributed by atoms with Gasteiger partial charge in [0.25, 0.3) is 0 Å². The maximum atomic E-state index is 13.4. The topological polar surface area (TPSA) is 17.8 Å². The fourth-order valence-electron chi connectivity index (χ4n) is 1.75. The van der Waals surface area contributed by atoms with Gasteiger partial charge in [-0.05, 0) is 12.5 Å². The molecule has 0 saturated heterocycles. The third-order valence-electron chi connectivity index (χ3n) is 2.44. The minimum atomic E-state index is -0.424. The van der Waals surface area contributed by atoms with Gasteiger partial charge >= 0.3 is 0 Å². The summed E-state index contributed by atoms with van der Waals surface area (Å²) in [5, 5.41) is 0.0924. The number of halogens is 3. The molecule has 0 spiro atoms. The number of aromatic nitrogens is 2. The summed E-state index contributed by atoms with van der Waals surface area (Å²) >= 11 is 11.5. The molecule has 0 saturated carbocycles. The Kier molecular flexibility index (Phi) is 3.36. The van der Waals surface area contributed by atoms with Crippen molar-refractivity contribution in [3.8, 4) is 0 Å². The van der Waals surface area contributed by atoms with Crippen molar-refractivity contribution in [2.45, 2.75) is 25.8 Å². The van der Waals surface area contributed by atoms with Gasteiger partial charge in [-0.1, -0.05) is 18.5 Å². The molecule has 86 valence electrons. The highest BCUT2D eigenvalue weighted by Gasteiger charge is 2.12. The van der Waals surface area contributed by atoms with Crippen LogP contribution in [0.5, 0.6) is 0 Å². The van der Waals surface area contributed by atoms with Crippen molar-refractivity contribution in [3.05, 3.63) is 28.8 Å². The van der Waals surface area contributed by atoms with Crippen molar-refractivity contribution >= 4 is 34.2 Å². The van der Waals surface area contributed by atoms with Gasteiger partial charge in [-0.2, -0.15) is 0 Å². The maximum Gasteiger partial charge on any atom is 0.144 e. The molecule has 0 atom stereocenters. The quantitative estimate of drug-likeness (QED) is 0.764. The van der Waals surface area contributed by atoms with Crippen LogP contribution < -0.4 is 0 Å². The second-order valence-electron chi connectivity index (χ2n) is 3.57. The first-order chi connectivity index (χ1) is 7.67. The number of fused-ring (bicyclic) bond motifs is 1. The third-order valence-corrected chi connectivity index (χ3v) is 2.96. The van der Waals surface area contributed by atoms with E-state index in [1.165, 1.54) is 12.1 Å². The van der Waals surface area contributed by atoms with Crippen LogP contribution in [0.1, 0.15) is 19.2 Å². The van der Waals surface area contributed by atoms with E-state index in [1.807, 2.05) is 4.57 Å². The van der Waals surface area contributed by atoms with Crippen molar-refractivity contribution in [3.63, 3.8) is 0 Å². The molecule has 0 unspecified atom stereocenters. The van der Waals surface area contributed by atoms with Crippen LogP contribution in [0.3, 0.4) is 0 Å². The summed E-state index contributed by atoms with van der Waals surface area (Å²) in [6.07, 6.45) is 0.944. The molecule has 2 rings (SSSR count). The zero-order chi connectivity index (χ0) is 11.7. The Morgan fingerprint density at radius 2 is 2.19 bits per heavy atom. The number of alkyl halides is 1. The van der Waals surface area contributed by atoms with Gasteiger partial charge in [-0.15, -0.1) is 11.6 Å². The second-order valence-corrected chi connectivity index (χ2v) is 4.24. The molecule has 0 amide bonds. The average Bonchev–Trinajstić information content (AvgIpc) is 2.58. The molecule has 0 bridgehead atoms. The Morgan fingerprint density at radius 1 is 1.44 bits per heavy atom. The van der Waals surface area contributed by atoms with Gasteiger partial charge in [0.05, 0.1) is 21.9 Å². The average molecular weight is 261 g/mol. The van der Waals surface area contributed by atoms with Crippen LogP contribution in [0.25, 0.3) is 11.0 Å². The summed E-state index contributed by atoms with van der Waals surface area (Å²) in [7, 11) is 0. The van der Waals surface area contributed by atoms with Crippen LogP contribution in [0.2, 0.25) is 5.02 Å². The largest absolute Gasteiger partial charge is 0.327 e. The standard InChI is InChI=1S/C11H11Cl2FN2/c1-2-3-16-10-5-8(14)7(13)4-9(10)15-11(16)6-12/h4-5H,2-3,6H2,1H3. The normalized spacial score (nSPS) is 11.2. The Hall–Kier alpha value is -0.800. The Morgan fingerprint density at radius 3 is 2.81 bits per heavy atom. The van der Waals surface area contributed by atoms with E-state index in [4.69, 9.17) is 23.2 Å². The summed E-state index contributed by atoms with van der Waals surface area (Å²) in [6.45, 7) is 2.83. The lowest BCUT2D eigenvalue weighted by Gasteiger charge is -2.05. The molecule has 0 aliphatic carbocycles.